The predicted molar refractivity (Wildman–Crippen MR) is 82.8 cm³/mol. The zero-order valence-corrected chi connectivity index (χ0v) is 12.8. The third kappa shape index (κ3) is 4.77. The van der Waals surface area contributed by atoms with Gasteiger partial charge in [-0.3, -0.25) is 9.88 Å². The average molecular weight is 319 g/mol. The Morgan fingerprint density at radius 2 is 1.79 bits per heavy atom. The first kappa shape index (κ1) is 14.2. The lowest BCUT2D eigenvalue weighted by Gasteiger charge is -2.21. The maximum Gasteiger partial charge on any atom is 0.0410 e. The smallest absolute Gasteiger partial charge is 0.0410 e. The van der Waals surface area contributed by atoms with E-state index in [4.69, 9.17) is 0 Å². The first-order valence-electron chi connectivity index (χ1n) is 6.63. The number of nitrogens with zero attached hydrogens (tertiary/aromatic N) is 2. The zero-order chi connectivity index (χ0) is 13.5. The largest absolute Gasteiger partial charge is 0.295 e. The van der Waals surface area contributed by atoms with Crippen molar-refractivity contribution < 1.29 is 0 Å². The minimum atomic E-state index is 0.940. The fourth-order valence-corrected chi connectivity index (χ4v) is 2.58. The molecule has 0 radical (unpaired) electrons. The molecule has 0 atom stereocenters. The molecule has 0 aliphatic rings. The molecular formula is C16H19BrN2. The Labute approximate surface area is 123 Å². The second kappa shape index (κ2) is 7.41. The molecule has 19 heavy (non-hydrogen) atoms. The Bertz CT molecular complexity index is 499. The second-order valence-electron chi connectivity index (χ2n) is 4.71. The molecular weight excluding hydrogens is 300 g/mol. The molecule has 3 heteroatoms. The molecule has 0 fully saturated rings. The summed E-state index contributed by atoms with van der Waals surface area (Å²) in [6.07, 6.45) is 4.93. The topological polar surface area (TPSA) is 16.1 Å². The molecule has 1 aromatic carbocycles. The van der Waals surface area contributed by atoms with Crippen LogP contribution in [-0.2, 0) is 13.1 Å². The van der Waals surface area contributed by atoms with Crippen molar-refractivity contribution in [3.63, 3.8) is 0 Å². The third-order valence-corrected chi connectivity index (χ3v) is 3.39. The van der Waals surface area contributed by atoms with Crippen LogP contribution >= 0.6 is 15.9 Å². The molecule has 0 spiro atoms. The Morgan fingerprint density at radius 1 is 1.05 bits per heavy atom. The highest BCUT2D eigenvalue weighted by atomic mass is 79.9. The van der Waals surface area contributed by atoms with E-state index in [2.05, 4.69) is 69.1 Å². The van der Waals surface area contributed by atoms with Gasteiger partial charge in [0.15, 0.2) is 0 Å². The SMILES string of the molecule is CCCN(Cc1ccccc1)Cc1cncc(Br)c1. The lowest BCUT2D eigenvalue weighted by atomic mass is 10.2. The lowest BCUT2D eigenvalue weighted by molar-refractivity contribution is 0.257. The minimum absolute atomic E-state index is 0.940. The van der Waals surface area contributed by atoms with Crippen molar-refractivity contribution in [2.45, 2.75) is 26.4 Å². The Hall–Kier alpha value is -1.19. The van der Waals surface area contributed by atoms with Gasteiger partial charge in [0, 0.05) is 30.0 Å². The number of hydrogen-bond acceptors (Lipinski definition) is 2. The summed E-state index contributed by atoms with van der Waals surface area (Å²) >= 11 is 3.48. The standard InChI is InChI=1S/C16H19BrN2/c1-2-8-19(12-14-6-4-3-5-7-14)13-15-9-16(17)11-18-10-15/h3-7,9-11H,2,8,12-13H2,1H3. The summed E-state index contributed by atoms with van der Waals surface area (Å²) in [5, 5.41) is 0. The predicted octanol–water partition coefficient (Wildman–Crippen LogP) is 4.26. The number of rotatable bonds is 6. The van der Waals surface area contributed by atoms with Crippen molar-refractivity contribution in [2.75, 3.05) is 6.54 Å². The minimum Gasteiger partial charge on any atom is -0.295 e. The van der Waals surface area contributed by atoms with E-state index >= 15 is 0 Å². The van der Waals surface area contributed by atoms with E-state index in [-0.39, 0.29) is 0 Å². The van der Waals surface area contributed by atoms with Crippen molar-refractivity contribution in [1.29, 1.82) is 0 Å². The van der Waals surface area contributed by atoms with E-state index in [0.29, 0.717) is 0 Å². The van der Waals surface area contributed by atoms with Crippen LogP contribution in [0.3, 0.4) is 0 Å². The maximum atomic E-state index is 4.23. The zero-order valence-electron chi connectivity index (χ0n) is 11.2. The van der Waals surface area contributed by atoms with Crippen molar-refractivity contribution in [1.82, 2.24) is 9.88 Å². The van der Waals surface area contributed by atoms with E-state index in [1.807, 2.05) is 12.4 Å². The molecule has 0 unspecified atom stereocenters. The van der Waals surface area contributed by atoms with Gasteiger partial charge in [-0.25, -0.2) is 0 Å². The third-order valence-electron chi connectivity index (χ3n) is 2.96. The molecule has 2 aromatic rings. The normalized spacial score (nSPS) is 10.9. The lowest BCUT2D eigenvalue weighted by Crippen LogP contribution is -2.23. The summed E-state index contributed by atoms with van der Waals surface area (Å²) in [5.41, 5.74) is 2.61. The second-order valence-corrected chi connectivity index (χ2v) is 5.62. The van der Waals surface area contributed by atoms with Gasteiger partial charge >= 0.3 is 0 Å². The van der Waals surface area contributed by atoms with Gasteiger partial charge in [0.1, 0.15) is 0 Å². The van der Waals surface area contributed by atoms with Crippen LogP contribution in [0.1, 0.15) is 24.5 Å². The molecule has 0 aliphatic carbocycles. The van der Waals surface area contributed by atoms with Crippen LogP contribution in [0.5, 0.6) is 0 Å². The van der Waals surface area contributed by atoms with Gasteiger partial charge in [-0.05, 0) is 46.1 Å². The number of aromatic nitrogens is 1. The van der Waals surface area contributed by atoms with Crippen molar-refractivity contribution >= 4 is 15.9 Å². The van der Waals surface area contributed by atoms with Gasteiger partial charge in [-0.15, -0.1) is 0 Å². The summed E-state index contributed by atoms with van der Waals surface area (Å²) in [6, 6.07) is 12.8. The molecule has 100 valence electrons. The van der Waals surface area contributed by atoms with Crippen LogP contribution in [-0.4, -0.2) is 16.4 Å². The summed E-state index contributed by atoms with van der Waals surface area (Å²) in [5.74, 6) is 0. The molecule has 0 bridgehead atoms. The summed E-state index contributed by atoms with van der Waals surface area (Å²) in [7, 11) is 0. The molecule has 0 saturated carbocycles. The first-order chi connectivity index (χ1) is 9.28. The quantitative estimate of drug-likeness (QED) is 0.791. The van der Waals surface area contributed by atoms with Gasteiger partial charge in [0.2, 0.25) is 0 Å². The van der Waals surface area contributed by atoms with Crippen LogP contribution in [0.15, 0.2) is 53.3 Å². The molecule has 0 N–H and O–H groups in total. The summed E-state index contributed by atoms with van der Waals surface area (Å²) in [6.45, 7) is 5.24. The molecule has 2 nitrogen and oxygen atoms in total. The van der Waals surface area contributed by atoms with Crippen LogP contribution in [0.2, 0.25) is 0 Å². The molecule has 2 rings (SSSR count). The Balaban J connectivity index is 2.04. The Morgan fingerprint density at radius 3 is 2.47 bits per heavy atom. The van der Waals surface area contributed by atoms with Gasteiger partial charge in [0.05, 0.1) is 0 Å². The molecule has 1 aromatic heterocycles. The van der Waals surface area contributed by atoms with E-state index in [0.717, 1.165) is 30.5 Å². The summed E-state index contributed by atoms with van der Waals surface area (Å²) in [4.78, 5) is 6.69. The van der Waals surface area contributed by atoms with E-state index in [1.165, 1.54) is 11.1 Å². The van der Waals surface area contributed by atoms with Crippen LogP contribution in [0.25, 0.3) is 0 Å². The van der Waals surface area contributed by atoms with E-state index in [9.17, 15) is 0 Å². The molecule has 1 heterocycles. The molecule has 0 aliphatic heterocycles. The highest BCUT2D eigenvalue weighted by Crippen LogP contribution is 2.14. The van der Waals surface area contributed by atoms with Gasteiger partial charge in [-0.2, -0.15) is 0 Å². The van der Waals surface area contributed by atoms with Crippen LogP contribution in [0, 0.1) is 0 Å². The van der Waals surface area contributed by atoms with E-state index < -0.39 is 0 Å². The van der Waals surface area contributed by atoms with Crippen molar-refractivity contribution in [3.8, 4) is 0 Å². The van der Waals surface area contributed by atoms with Crippen molar-refractivity contribution in [2.24, 2.45) is 0 Å². The fourth-order valence-electron chi connectivity index (χ4n) is 2.17. The van der Waals surface area contributed by atoms with Gasteiger partial charge in [-0.1, -0.05) is 37.3 Å². The molecule has 0 saturated heterocycles. The van der Waals surface area contributed by atoms with Crippen molar-refractivity contribution in [3.05, 3.63) is 64.4 Å². The van der Waals surface area contributed by atoms with Gasteiger partial charge < -0.3 is 0 Å². The number of halogens is 1. The number of pyridine rings is 1. The van der Waals surface area contributed by atoms with Crippen LogP contribution < -0.4 is 0 Å². The van der Waals surface area contributed by atoms with Crippen LogP contribution in [0.4, 0.5) is 0 Å². The van der Waals surface area contributed by atoms with Gasteiger partial charge in [0.25, 0.3) is 0 Å². The Kier molecular flexibility index (Phi) is 5.55. The maximum absolute atomic E-state index is 4.23. The summed E-state index contributed by atoms with van der Waals surface area (Å²) < 4.78 is 1.04. The van der Waals surface area contributed by atoms with E-state index in [1.54, 1.807) is 0 Å². The highest BCUT2D eigenvalue weighted by molar-refractivity contribution is 9.10. The number of hydrogen-bond donors (Lipinski definition) is 0. The monoisotopic (exact) mass is 318 g/mol. The molecule has 0 amide bonds. The highest BCUT2D eigenvalue weighted by Gasteiger charge is 2.06. The number of benzene rings is 1. The average Bonchev–Trinajstić information content (AvgIpc) is 2.40. The first-order valence-corrected chi connectivity index (χ1v) is 7.43. The fraction of sp³-hybridized carbons (Fsp3) is 0.312.